The Morgan fingerprint density at radius 2 is 1.95 bits per heavy atom. The van der Waals surface area contributed by atoms with Gasteiger partial charge in [-0.25, -0.2) is 0 Å². The number of fused-ring (bicyclic) bond motifs is 2. The van der Waals surface area contributed by atoms with Crippen molar-refractivity contribution in [3.05, 3.63) is 17.7 Å². The van der Waals surface area contributed by atoms with Crippen LogP contribution in [0.2, 0.25) is 0 Å². The van der Waals surface area contributed by atoms with Gasteiger partial charge in [0, 0.05) is 22.3 Å². The number of nitrogens with one attached hydrogen (secondary N) is 2. The number of benzene rings is 1. The van der Waals surface area contributed by atoms with Crippen LogP contribution in [0.3, 0.4) is 0 Å². The average molecular weight is 296 g/mol. The van der Waals surface area contributed by atoms with Crippen molar-refractivity contribution in [2.24, 2.45) is 0 Å². The molecule has 1 amide bonds. The van der Waals surface area contributed by atoms with Crippen LogP contribution in [0.1, 0.15) is 12.0 Å². The summed E-state index contributed by atoms with van der Waals surface area (Å²) in [5, 5.41) is 5.98. The summed E-state index contributed by atoms with van der Waals surface area (Å²) >= 11 is 0. The SMILES string of the molecule is COc1cc2c(cc1OC)C1(CCS2=O)NCNC1=O. The molecule has 20 heavy (non-hydrogen) atoms. The molecule has 2 heterocycles. The van der Waals surface area contributed by atoms with Crippen molar-refractivity contribution in [3.63, 3.8) is 0 Å². The van der Waals surface area contributed by atoms with Crippen molar-refractivity contribution in [1.82, 2.24) is 10.6 Å². The van der Waals surface area contributed by atoms with Crippen LogP contribution in [0.25, 0.3) is 0 Å². The molecule has 1 saturated heterocycles. The first-order valence-electron chi connectivity index (χ1n) is 6.30. The van der Waals surface area contributed by atoms with Crippen LogP contribution in [0, 0.1) is 0 Å². The molecular weight excluding hydrogens is 280 g/mol. The van der Waals surface area contributed by atoms with Gasteiger partial charge in [0.2, 0.25) is 5.91 Å². The second kappa shape index (κ2) is 4.75. The molecule has 2 atom stereocenters. The van der Waals surface area contributed by atoms with Gasteiger partial charge in [0.05, 0.1) is 31.7 Å². The van der Waals surface area contributed by atoms with Gasteiger partial charge in [-0.1, -0.05) is 0 Å². The molecule has 108 valence electrons. The molecule has 3 rings (SSSR count). The summed E-state index contributed by atoms with van der Waals surface area (Å²) in [7, 11) is 1.94. The van der Waals surface area contributed by atoms with Crippen LogP contribution < -0.4 is 20.1 Å². The molecular formula is C13H16N2O4S. The van der Waals surface area contributed by atoms with Gasteiger partial charge >= 0.3 is 0 Å². The minimum absolute atomic E-state index is 0.0809. The first-order chi connectivity index (χ1) is 9.62. The largest absolute Gasteiger partial charge is 0.493 e. The Balaban J connectivity index is 2.23. The number of amides is 1. The standard InChI is InChI=1S/C13H16N2O4S/c1-18-9-5-8-11(6-10(9)19-2)20(17)4-3-13(8)12(16)14-7-15-13/h5-6,15H,3-4,7H2,1-2H3,(H,14,16). The van der Waals surface area contributed by atoms with Crippen LogP contribution in [-0.4, -0.2) is 36.8 Å². The highest BCUT2D eigenvalue weighted by Gasteiger charge is 2.48. The van der Waals surface area contributed by atoms with Gasteiger partial charge in [0.1, 0.15) is 5.54 Å². The highest BCUT2D eigenvalue weighted by Crippen LogP contribution is 2.42. The van der Waals surface area contributed by atoms with E-state index in [0.717, 1.165) is 5.56 Å². The minimum Gasteiger partial charge on any atom is -0.493 e. The molecule has 1 spiro atoms. The zero-order valence-corrected chi connectivity index (χ0v) is 12.1. The van der Waals surface area contributed by atoms with Gasteiger partial charge in [0.15, 0.2) is 11.5 Å². The van der Waals surface area contributed by atoms with Crippen LogP contribution in [0.15, 0.2) is 17.0 Å². The quantitative estimate of drug-likeness (QED) is 0.809. The second-order valence-corrected chi connectivity index (χ2v) is 6.31. The second-order valence-electron chi connectivity index (χ2n) is 4.77. The fourth-order valence-corrected chi connectivity index (χ4v) is 4.23. The molecule has 1 aromatic rings. The van der Waals surface area contributed by atoms with Gasteiger partial charge in [-0.15, -0.1) is 0 Å². The number of carbonyl (C=O) groups excluding carboxylic acids is 1. The molecule has 1 aromatic carbocycles. The lowest BCUT2D eigenvalue weighted by molar-refractivity contribution is -0.124. The molecule has 2 N–H and O–H groups in total. The predicted molar refractivity (Wildman–Crippen MR) is 73.3 cm³/mol. The Kier molecular flexibility index (Phi) is 3.18. The van der Waals surface area contributed by atoms with Crippen LogP contribution >= 0.6 is 0 Å². The van der Waals surface area contributed by atoms with E-state index in [4.69, 9.17) is 9.47 Å². The Labute approximate surface area is 119 Å². The molecule has 2 aliphatic heterocycles. The van der Waals surface area contributed by atoms with Crippen LogP contribution in [0.5, 0.6) is 11.5 Å². The van der Waals surface area contributed by atoms with Gasteiger partial charge in [-0.3, -0.25) is 14.3 Å². The summed E-state index contributed by atoms with van der Waals surface area (Å²) in [5.41, 5.74) is -0.0854. The van der Waals surface area contributed by atoms with E-state index in [2.05, 4.69) is 10.6 Å². The summed E-state index contributed by atoms with van der Waals surface area (Å²) in [6, 6.07) is 3.46. The molecule has 2 aliphatic rings. The monoisotopic (exact) mass is 296 g/mol. The van der Waals surface area contributed by atoms with E-state index in [1.54, 1.807) is 19.2 Å². The molecule has 7 heteroatoms. The smallest absolute Gasteiger partial charge is 0.246 e. The number of rotatable bonds is 2. The summed E-state index contributed by atoms with van der Waals surface area (Å²) in [6.45, 7) is 0.416. The molecule has 0 saturated carbocycles. The van der Waals surface area contributed by atoms with E-state index >= 15 is 0 Å². The summed E-state index contributed by atoms with van der Waals surface area (Å²) < 4.78 is 22.8. The van der Waals surface area contributed by atoms with E-state index in [-0.39, 0.29) is 5.91 Å². The summed E-state index contributed by atoms with van der Waals surface area (Å²) in [5.74, 6) is 1.42. The maximum atomic E-state index is 12.3. The van der Waals surface area contributed by atoms with Crippen molar-refractivity contribution >= 4 is 16.7 Å². The minimum atomic E-state index is -1.13. The van der Waals surface area contributed by atoms with E-state index in [9.17, 15) is 9.00 Å². The van der Waals surface area contributed by atoms with E-state index < -0.39 is 16.3 Å². The number of carbonyl (C=O) groups is 1. The van der Waals surface area contributed by atoms with E-state index in [1.165, 1.54) is 7.11 Å². The molecule has 1 fully saturated rings. The lowest BCUT2D eigenvalue weighted by Crippen LogP contribution is -2.47. The Hall–Kier alpha value is -1.60. The first kappa shape index (κ1) is 13.4. The first-order valence-corrected chi connectivity index (χ1v) is 7.62. The zero-order chi connectivity index (χ0) is 14.3. The normalized spacial score (nSPS) is 28.1. The molecule has 2 unspecified atom stereocenters. The maximum Gasteiger partial charge on any atom is 0.246 e. The maximum absolute atomic E-state index is 12.3. The third-order valence-corrected chi connectivity index (χ3v) is 5.28. The van der Waals surface area contributed by atoms with Gasteiger partial charge in [0.25, 0.3) is 0 Å². The average Bonchev–Trinajstić information content (AvgIpc) is 2.84. The molecule has 0 radical (unpaired) electrons. The Bertz CT molecular complexity index is 604. The molecule has 0 aromatic heterocycles. The summed E-state index contributed by atoms with van der Waals surface area (Å²) in [6.07, 6.45) is 0.508. The molecule has 6 nitrogen and oxygen atoms in total. The zero-order valence-electron chi connectivity index (χ0n) is 11.3. The van der Waals surface area contributed by atoms with Gasteiger partial charge < -0.3 is 14.8 Å². The van der Waals surface area contributed by atoms with Gasteiger partial charge in [-0.05, 0) is 12.5 Å². The molecule has 0 aliphatic carbocycles. The molecule has 0 bridgehead atoms. The topological polar surface area (TPSA) is 76.7 Å². The van der Waals surface area contributed by atoms with E-state index in [0.29, 0.717) is 35.2 Å². The van der Waals surface area contributed by atoms with Crippen LogP contribution in [-0.2, 0) is 21.1 Å². The summed E-state index contributed by atoms with van der Waals surface area (Å²) in [4.78, 5) is 12.9. The van der Waals surface area contributed by atoms with E-state index in [1.807, 2.05) is 0 Å². The number of hydrogen-bond acceptors (Lipinski definition) is 5. The highest BCUT2D eigenvalue weighted by molar-refractivity contribution is 7.85. The highest BCUT2D eigenvalue weighted by atomic mass is 32.2. The van der Waals surface area contributed by atoms with Crippen molar-refractivity contribution in [1.29, 1.82) is 0 Å². The lowest BCUT2D eigenvalue weighted by Gasteiger charge is -2.33. The third kappa shape index (κ3) is 1.73. The van der Waals surface area contributed by atoms with Gasteiger partial charge in [-0.2, -0.15) is 0 Å². The van der Waals surface area contributed by atoms with Crippen LogP contribution in [0.4, 0.5) is 0 Å². The predicted octanol–water partition coefficient (Wildman–Crippen LogP) is 0.0873. The Morgan fingerprint density at radius 3 is 2.55 bits per heavy atom. The number of methoxy groups -OCH3 is 2. The lowest BCUT2D eigenvalue weighted by atomic mass is 9.86. The third-order valence-electron chi connectivity index (χ3n) is 3.88. The fourth-order valence-electron chi connectivity index (χ4n) is 2.80. The van der Waals surface area contributed by atoms with Crippen molar-refractivity contribution < 1.29 is 18.5 Å². The fraction of sp³-hybridized carbons (Fsp3) is 0.462. The van der Waals surface area contributed by atoms with Crippen molar-refractivity contribution in [3.8, 4) is 11.5 Å². The van der Waals surface area contributed by atoms with Crippen molar-refractivity contribution in [2.45, 2.75) is 16.9 Å². The van der Waals surface area contributed by atoms with Crippen molar-refractivity contribution in [2.75, 3.05) is 26.6 Å². The number of ether oxygens (including phenoxy) is 2. The Morgan fingerprint density at radius 1 is 1.25 bits per heavy atom. The number of hydrogen-bond donors (Lipinski definition) is 2.